The molecule has 2 rings (SSSR count). The summed E-state index contributed by atoms with van der Waals surface area (Å²) >= 11 is 0. The maximum absolute atomic E-state index is 4.46. The first-order valence-corrected chi connectivity index (χ1v) is 7.00. The van der Waals surface area contributed by atoms with Gasteiger partial charge in [-0.15, -0.1) is 0 Å². The van der Waals surface area contributed by atoms with Gasteiger partial charge in [0.15, 0.2) is 0 Å². The van der Waals surface area contributed by atoms with Crippen molar-refractivity contribution in [3.63, 3.8) is 0 Å². The maximum atomic E-state index is 4.46. The van der Waals surface area contributed by atoms with Gasteiger partial charge in [-0.05, 0) is 63.5 Å². The highest BCUT2D eigenvalue weighted by Gasteiger charge is 2.14. The highest BCUT2D eigenvalue weighted by molar-refractivity contribution is 5.99. The molecule has 0 saturated heterocycles. The van der Waals surface area contributed by atoms with Crippen LogP contribution in [0.15, 0.2) is 33.5 Å². The Kier molecular flexibility index (Phi) is 4.15. The van der Waals surface area contributed by atoms with Crippen molar-refractivity contribution in [1.29, 1.82) is 0 Å². The van der Waals surface area contributed by atoms with Gasteiger partial charge in [-0.2, -0.15) is 10.2 Å². The van der Waals surface area contributed by atoms with E-state index in [0.717, 1.165) is 24.3 Å². The molecule has 2 atom stereocenters. The Hall–Kier alpha value is -1.18. The lowest BCUT2D eigenvalue weighted by Gasteiger charge is -2.18. The van der Waals surface area contributed by atoms with E-state index in [-0.39, 0.29) is 0 Å². The quantitative estimate of drug-likeness (QED) is 0.605. The minimum Gasteiger partial charge on any atom is -0.155 e. The smallest absolute Gasteiger partial charge is 0.0632 e. The summed E-state index contributed by atoms with van der Waals surface area (Å²) in [5.74, 6) is 1.41. The second-order valence-electron chi connectivity index (χ2n) is 6.19. The van der Waals surface area contributed by atoms with E-state index in [1.54, 1.807) is 0 Å². The Morgan fingerprint density at radius 3 is 1.50 bits per heavy atom. The van der Waals surface area contributed by atoms with Gasteiger partial charge in [0, 0.05) is 0 Å². The molecule has 98 valence electrons. The second-order valence-corrected chi connectivity index (χ2v) is 6.19. The molecule has 2 aliphatic rings. The Balaban J connectivity index is 2.14. The Morgan fingerprint density at radius 1 is 0.778 bits per heavy atom. The molecule has 2 nitrogen and oxygen atoms in total. The largest absolute Gasteiger partial charge is 0.155 e. The predicted octanol–water partition coefficient (Wildman–Crippen LogP) is 4.54. The van der Waals surface area contributed by atoms with Gasteiger partial charge in [-0.25, -0.2) is 0 Å². The third-order valence-electron chi connectivity index (χ3n) is 3.59. The van der Waals surface area contributed by atoms with Crippen LogP contribution in [-0.2, 0) is 0 Å². The normalized spacial score (nSPS) is 33.6. The molecule has 0 fully saturated rings. The first-order valence-electron chi connectivity index (χ1n) is 7.00. The van der Waals surface area contributed by atoms with E-state index in [2.05, 4.69) is 50.0 Å². The Bertz CT molecular complexity index is 396. The molecule has 0 amide bonds. The van der Waals surface area contributed by atoms with Gasteiger partial charge in [0.05, 0.1) is 11.4 Å². The predicted molar refractivity (Wildman–Crippen MR) is 79.2 cm³/mol. The molecule has 2 unspecified atom stereocenters. The van der Waals surface area contributed by atoms with E-state index in [4.69, 9.17) is 0 Å². The van der Waals surface area contributed by atoms with Gasteiger partial charge >= 0.3 is 0 Å². The van der Waals surface area contributed by atoms with Crippen LogP contribution in [0, 0.1) is 11.8 Å². The number of allylic oxidation sites excluding steroid dienone is 4. The van der Waals surface area contributed by atoms with Crippen molar-refractivity contribution in [2.45, 2.75) is 53.4 Å². The van der Waals surface area contributed by atoms with E-state index in [1.165, 1.54) is 24.0 Å². The summed E-state index contributed by atoms with van der Waals surface area (Å²) in [4.78, 5) is 0. The molecule has 0 aromatic heterocycles. The van der Waals surface area contributed by atoms with Crippen LogP contribution >= 0.6 is 0 Å². The number of hydrogen-bond acceptors (Lipinski definition) is 2. The molecule has 0 N–H and O–H groups in total. The van der Waals surface area contributed by atoms with E-state index in [9.17, 15) is 0 Å². The lowest BCUT2D eigenvalue weighted by molar-refractivity contribution is 0.588. The number of nitrogens with zero attached hydrogens (tertiary/aromatic N) is 2. The third-order valence-corrected chi connectivity index (χ3v) is 3.59. The molecule has 0 heterocycles. The molecular weight excluding hydrogens is 220 g/mol. The molecule has 0 radical (unpaired) electrons. The minimum atomic E-state index is 0.705. The summed E-state index contributed by atoms with van der Waals surface area (Å²) in [6.07, 6.45) is 8.93. The van der Waals surface area contributed by atoms with Gasteiger partial charge in [0.25, 0.3) is 0 Å². The van der Waals surface area contributed by atoms with Gasteiger partial charge in [0.1, 0.15) is 0 Å². The molecule has 0 aromatic carbocycles. The monoisotopic (exact) mass is 244 g/mol. The summed E-state index contributed by atoms with van der Waals surface area (Å²) in [5, 5.41) is 8.92. The maximum Gasteiger partial charge on any atom is 0.0632 e. The Morgan fingerprint density at radius 2 is 1.17 bits per heavy atom. The van der Waals surface area contributed by atoms with E-state index in [0.29, 0.717) is 11.8 Å². The molecule has 0 saturated carbocycles. The van der Waals surface area contributed by atoms with Crippen LogP contribution in [0.2, 0.25) is 0 Å². The summed E-state index contributed by atoms with van der Waals surface area (Å²) in [6.45, 7) is 8.94. The molecule has 0 aliphatic heterocycles. The summed E-state index contributed by atoms with van der Waals surface area (Å²) in [6, 6.07) is 0. The lowest BCUT2D eigenvalue weighted by Crippen LogP contribution is -2.12. The van der Waals surface area contributed by atoms with Crippen molar-refractivity contribution in [3.05, 3.63) is 23.3 Å². The van der Waals surface area contributed by atoms with Gasteiger partial charge in [0.2, 0.25) is 0 Å². The van der Waals surface area contributed by atoms with Crippen LogP contribution in [0.4, 0.5) is 0 Å². The van der Waals surface area contributed by atoms with E-state index >= 15 is 0 Å². The summed E-state index contributed by atoms with van der Waals surface area (Å²) in [5.41, 5.74) is 5.14. The van der Waals surface area contributed by atoms with Crippen molar-refractivity contribution >= 4 is 11.4 Å². The molecule has 0 spiro atoms. The van der Waals surface area contributed by atoms with Crippen molar-refractivity contribution in [1.82, 2.24) is 0 Å². The number of rotatable bonds is 1. The van der Waals surface area contributed by atoms with Crippen LogP contribution in [-0.4, -0.2) is 11.4 Å². The molecule has 18 heavy (non-hydrogen) atoms. The van der Waals surface area contributed by atoms with Crippen molar-refractivity contribution in [2.75, 3.05) is 0 Å². The zero-order chi connectivity index (χ0) is 13.1. The molecule has 0 bridgehead atoms. The van der Waals surface area contributed by atoms with Gasteiger partial charge < -0.3 is 0 Å². The van der Waals surface area contributed by atoms with Crippen LogP contribution in [0.3, 0.4) is 0 Å². The van der Waals surface area contributed by atoms with Crippen LogP contribution in [0.5, 0.6) is 0 Å². The fraction of sp³-hybridized carbons (Fsp3) is 0.625. The summed E-state index contributed by atoms with van der Waals surface area (Å²) < 4.78 is 0. The fourth-order valence-electron chi connectivity index (χ4n) is 3.03. The van der Waals surface area contributed by atoms with Crippen molar-refractivity contribution < 1.29 is 0 Å². The SMILES string of the molecule is CC1=CC(=NN=C2C=C(C)CC(C)C2)CC(C)C1. The summed E-state index contributed by atoms with van der Waals surface area (Å²) in [7, 11) is 0. The van der Waals surface area contributed by atoms with Crippen LogP contribution in [0.1, 0.15) is 53.4 Å². The van der Waals surface area contributed by atoms with Crippen molar-refractivity contribution in [2.24, 2.45) is 22.0 Å². The zero-order valence-electron chi connectivity index (χ0n) is 12.0. The van der Waals surface area contributed by atoms with E-state index < -0.39 is 0 Å². The van der Waals surface area contributed by atoms with Crippen LogP contribution in [0.25, 0.3) is 0 Å². The average Bonchev–Trinajstić information content (AvgIpc) is 2.23. The molecule has 2 heteroatoms. The molecule has 2 aliphatic carbocycles. The first-order chi connectivity index (χ1) is 8.52. The van der Waals surface area contributed by atoms with Crippen molar-refractivity contribution in [3.8, 4) is 0 Å². The first kappa shape index (κ1) is 13.3. The molecular formula is C16H24N2. The van der Waals surface area contributed by atoms with Gasteiger partial charge in [-0.1, -0.05) is 25.0 Å². The standard InChI is InChI=1S/C16H24N2/c1-11-5-12(2)8-15(7-11)17-18-16-9-13(3)6-14(4)10-16/h7,9,12,14H,5-6,8,10H2,1-4H3. The third kappa shape index (κ3) is 3.66. The zero-order valence-corrected chi connectivity index (χ0v) is 12.0. The molecule has 0 aromatic rings. The number of hydrogen-bond donors (Lipinski definition) is 0. The topological polar surface area (TPSA) is 24.7 Å². The average molecular weight is 244 g/mol. The minimum absolute atomic E-state index is 0.705. The van der Waals surface area contributed by atoms with Crippen LogP contribution < -0.4 is 0 Å². The van der Waals surface area contributed by atoms with E-state index in [1.807, 2.05) is 0 Å². The lowest BCUT2D eigenvalue weighted by atomic mass is 9.90. The highest BCUT2D eigenvalue weighted by atomic mass is 15.2. The van der Waals surface area contributed by atoms with Gasteiger partial charge in [-0.3, -0.25) is 0 Å². The highest BCUT2D eigenvalue weighted by Crippen LogP contribution is 2.23. The fourth-order valence-corrected chi connectivity index (χ4v) is 3.03. The Labute approximate surface area is 111 Å². The second kappa shape index (κ2) is 5.64.